The van der Waals surface area contributed by atoms with E-state index in [1.807, 2.05) is 6.92 Å². The van der Waals surface area contributed by atoms with Gasteiger partial charge in [-0.15, -0.1) is 0 Å². The zero-order valence-electron chi connectivity index (χ0n) is 20.8. The van der Waals surface area contributed by atoms with E-state index >= 15 is 0 Å². The Hall–Kier alpha value is -3.35. The van der Waals surface area contributed by atoms with Gasteiger partial charge in [0.15, 0.2) is 17.3 Å². The summed E-state index contributed by atoms with van der Waals surface area (Å²) in [4.78, 5) is 13.7. The summed E-state index contributed by atoms with van der Waals surface area (Å²) in [6.07, 6.45) is 4.83. The zero-order chi connectivity index (χ0) is 24.8. The summed E-state index contributed by atoms with van der Waals surface area (Å²) in [6, 6.07) is 6.68. The number of aromatic hydroxyl groups is 1. The molecule has 0 bridgehead atoms. The second-order valence-corrected chi connectivity index (χ2v) is 8.18. The summed E-state index contributed by atoms with van der Waals surface area (Å²) in [5, 5.41) is 10.6. The standard InChI is InChI=1S/C27H34O7/c1-7-16(8-2)10-9-11-19-25(29)24-20(28)14-18(30-3)15-21(24)34-26(19)17-12-22(31-4)27(33-6)23(13-17)32-5/h7,12-15,19,26,28H,8-11H2,1-6H3/t19-,26+/m0/s1. The van der Waals surface area contributed by atoms with E-state index in [2.05, 4.69) is 13.0 Å². The number of Topliss-reactive ketones (excluding diaryl/α,β-unsaturated/α-hetero) is 1. The van der Waals surface area contributed by atoms with Crippen LogP contribution in [-0.2, 0) is 0 Å². The number of ketones is 1. The molecule has 1 aliphatic heterocycles. The van der Waals surface area contributed by atoms with Crippen molar-refractivity contribution in [3.8, 4) is 34.5 Å². The molecule has 0 radical (unpaired) electrons. The number of phenolic OH excluding ortho intramolecular Hbond substituents is 1. The Morgan fingerprint density at radius 2 is 1.71 bits per heavy atom. The first-order chi connectivity index (χ1) is 16.4. The lowest BCUT2D eigenvalue weighted by Crippen LogP contribution is -2.32. The second kappa shape index (κ2) is 11.2. The number of phenols is 1. The third kappa shape index (κ3) is 4.93. The third-order valence-electron chi connectivity index (χ3n) is 6.38. The van der Waals surface area contributed by atoms with Gasteiger partial charge in [-0.1, -0.05) is 18.6 Å². The number of carbonyl (C=O) groups is 1. The fraction of sp³-hybridized carbons (Fsp3) is 0.444. The average Bonchev–Trinajstić information content (AvgIpc) is 2.86. The summed E-state index contributed by atoms with van der Waals surface area (Å²) in [6.45, 7) is 4.17. The maximum Gasteiger partial charge on any atom is 0.203 e. The van der Waals surface area contributed by atoms with Crippen molar-refractivity contribution in [1.29, 1.82) is 0 Å². The van der Waals surface area contributed by atoms with Gasteiger partial charge in [0.2, 0.25) is 5.75 Å². The fourth-order valence-corrected chi connectivity index (χ4v) is 4.50. The Labute approximate surface area is 201 Å². The molecule has 1 N–H and O–H groups in total. The molecule has 0 aromatic heterocycles. The Morgan fingerprint density at radius 3 is 2.24 bits per heavy atom. The van der Waals surface area contributed by atoms with Crippen molar-refractivity contribution in [2.24, 2.45) is 5.92 Å². The third-order valence-corrected chi connectivity index (χ3v) is 6.38. The Morgan fingerprint density at radius 1 is 1.03 bits per heavy atom. The molecule has 2 aromatic rings. The van der Waals surface area contributed by atoms with Crippen LogP contribution in [0, 0.1) is 5.92 Å². The number of rotatable bonds is 10. The minimum Gasteiger partial charge on any atom is -0.507 e. The number of methoxy groups -OCH3 is 4. The van der Waals surface area contributed by atoms with Crippen LogP contribution < -0.4 is 23.7 Å². The summed E-state index contributed by atoms with van der Waals surface area (Å²) in [5.74, 6) is 1.33. The van der Waals surface area contributed by atoms with Gasteiger partial charge in [-0.3, -0.25) is 4.79 Å². The summed E-state index contributed by atoms with van der Waals surface area (Å²) in [7, 11) is 6.14. The molecule has 0 aliphatic carbocycles. The highest BCUT2D eigenvalue weighted by atomic mass is 16.5. The number of carbonyl (C=O) groups excluding carboxylic acids is 1. The van der Waals surface area contributed by atoms with E-state index in [1.165, 1.54) is 18.7 Å². The molecule has 3 rings (SSSR count). The van der Waals surface area contributed by atoms with Crippen LogP contribution in [0.15, 0.2) is 35.9 Å². The van der Waals surface area contributed by atoms with Gasteiger partial charge in [0, 0.05) is 17.7 Å². The van der Waals surface area contributed by atoms with Crippen LogP contribution >= 0.6 is 0 Å². The van der Waals surface area contributed by atoms with Gasteiger partial charge in [0.1, 0.15) is 28.9 Å². The molecule has 0 amide bonds. The molecule has 184 valence electrons. The molecular formula is C27H34O7. The van der Waals surface area contributed by atoms with Gasteiger partial charge in [-0.2, -0.15) is 0 Å². The Balaban J connectivity index is 2.08. The van der Waals surface area contributed by atoms with Crippen molar-refractivity contribution >= 4 is 5.78 Å². The number of allylic oxidation sites excluding steroid dienone is 2. The van der Waals surface area contributed by atoms with Crippen molar-refractivity contribution in [2.75, 3.05) is 28.4 Å². The number of ether oxygens (including phenoxy) is 5. The molecule has 7 nitrogen and oxygen atoms in total. The summed E-state index contributed by atoms with van der Waals surface area (Å²) in [5.41, 5.74) is 2.26. The zero-order valence-corrected chi connectivity index (χ0v) is 20.8. The molecule has 0 fully saturated rings. The molecule has 0 saturated carbocycles. The second-order valence-electron chi connectivity index (χ2n) is 8.18. The lowest BCUT2D eigenvalue weighted by atomic mass is 9.81. The highest BCUT2D eigenvalue weighted by Crippen LogP contribution is 2.48. The largest absolute Gasteiger partial charge is 0.507 e. The Bertz CT molecular complexity index is 1030. The Kier molecular flexibility index (Phi) is 8.31. The van der Waals surface area contributed by atoms with Gasteiger partial charge in [0.25, 0.3) is 0 Å². The average molecular weight is 471 g/mol. The molecule has 1 heterocycles. The van der Waals surface area contributed by atoms with E-state index in [9.17, 15) is 9.90 Å². The quantitative estimate of drug-likeness (QED) is 0.434. The first-order valence-corrected chi connectivity index (χ1v) is 11.5. The van der Waals surface area contributed by atoms with Crippen molar-refractivity contribution in [3.05, 3.63) is 47.0 Å². The van der Waals surface area contributed by atoms with Gasteiger partial charge in [-0.25, -0.2) is 0 Å². The van der Waals surface area contributed by atoms with E-state index in [4.69, 9.17) is 23.7 Å². The number of hydrogen-bond acceptors (Lipinski definition) is 7. The van der Waals surface area contributed by atoms with E-state index in [-0.39, 0.29) is 17.1 Å². The topological polar surface area (TPSA) is 83.5 Å². The smallest absolute Gasteiger partial charge is 0.203 e. The predicted octanol–water partition coefficient (Wildman–Crippen LogP) is 5.89. The first kappa shape index (κ1) is 25.3. The van der Waals surface area contributed by atoms with E-state index in [0.717, 1.165) is 24.8 Å². The van der Waals surface area contributed by atoms with Crippen LogP contribution in [-0.4, -0.2) is 39.3 Å². The van der Waals surface area contributed by atoms with Crippen LogP contribution in [0.3, 0.4) is 0 Å². The fourth-order valence-electron chi connectivity index (χ4n) is 4.50. The molecule has 0 spiro atoms. The van der Waals surface area contributed by atoms with Gasteiger partial charge >= 0.3 is 0 Å². The van der Waals surface area contributed by atoms with Crippen molar-refractivity contribution in [3.63, 3.8) is 0 Å². The highest BCUT2D eigenvalue weighted by Gasteiger charge is 2.40. The minimum atomic E-state index is -0.601. The lowest BCUT2D eigenvalue weighted by Gasteiger charge is -2.34. The normalized spacial score (nSPS) is 17.6. The number of benzene rings is 2. The maximum atomic E-state index is 13.7. The van der Waals surface area contributed by atoms with Crippen LogP contribution in [0.5, 0.6) is 34.5 Å². The van der Waals surface area contributed by atoms with Crippen molar-refractivity contribution in [1.82, 2.24) is 0 Å². The van der Waals surface area contributed by atoms with Crippen LogP contribution in [0.1, 0.15) is 61.6 Å². The van der Waals surface area contributed by atoms with E-state index in [1.54, 1.807) is 39.5 Å². The molecule has 1 aliphatic rings. The van der Waals surface area contributed by atoms with Crippen LogP contribution in [0.2, 0.25) is 0 Å². The molecule has 0 unspecified atom stereocenters. The minimum absolute atomic E-state index is 0.143. The SMILES string of the molecule is CC=C(CC)CCC[C@H]1C(=O)c2c(O)cc(OC)cc2O[C@@H]1c1cc(OC)c(OC)c(OC)c1. The van der Waals surface area contributed by atoms with Gasteiger partial charge < -0.3 is 28.8 Å². The number of hydrogen-bond donors (Lipinski definition) is 1. The van der Waals surface area contributed by atoms with Crippen molar-refractivity contribution in [2.45, 2.75) is 45.6 Å². The molecule has 0 saturated heterocycles. The first-order valence-electron chi connectivity index (χ1n) is 11.5. The molecule has 2 atom stereocenters. The molecule has 34 heavy (non-hydrogen) atoms. The van der Waals surface area contributed by atoms with Gasteiger partial charge in [0.05, 0.1) is 34.4 Å². The van der Waals surface area contributed by atoms with E-state index in [0.29, 0.717) is 35.2 Å². The van der Waals surface area contributed by atoms with Crippen LogP contribution in [0.25, 0.3) is 0 Å². The maximum absolute atomic E-state index is 13.7. The van der Waals surface area contributed by atoms with Gasteiger partial charge in [-0.05, 0) is 44.7 Å². The molecule has 7 heteroatoms. The predicted molar refractivity (Wildman–Crippen MR) is 130 cm³/mol. The number of fused-ring (bicyclic) bond motifs is 1. The lowest BCUT2D eigenvalue weighted by molar-refractivity contribution is 0.0624. The monoisotopic (exact) mass is 470 g/mol. The molecular weight excluding hydrogens is 436 g/mol. The summed E-state index contributed by atoms with van der Waals surface area (Å²) >= 11 is 0. The van der Waals surface area contributed by atoms with E-state index < -0.39 is 12.0 Å². The molecule has 2 aromatic carbocycles. The van der Waals surface area contributed by atoms with Crippen LogP contribution in [0.4, 0.5) is 0 Å². The highest BCUT2D eigenvalue weighted by molar-refractivity contribution is 6.04. The van der Waals surface area contributed by atoms with Crippen molar-refractivity contribution < 1.29 is 33.6 Å². The summed E-state index contributed by atoms with van der Waals surface area (Å²) < 4.78 is 28.2.